The minimum absolute atomic E-state index is 0.0208. The Kier molecular flexibility index (Phi) is 13.6. The second-order valence-corrected chi connectivity index (χ2v) is 13.7. The summed E-state index contributed by atoms with van der Waals surface area (Å²) in [6, 6.07) is 23.0. The number of benzene rings is 3. The molecule has 0 aliphatic heterocycles. The van der Waals surface area contributed by atoms with E-state index in [1.165, 1.54) is 4.90 Å². The Bertz CT molecular complexity index is 2430. The van der Waals surface area contributed by atoms with E-state index in [1.54, 1.807) is 80.7 Å². The summed E-state index contributed by atoms with van der Waals surface area (Å²) in [4.78, 5) is 72.7. The van der Waals surface area contributed by atoms with Gasteiger partial charge in [-0.2, -0.15) is 0 Å². The standard InChI is InChI=1S/C42H46N10O7/c1-3-57-37(53)17-19-52(36-10-6-7-18-46-36)40(54)27-13-16-33-34(21-27)50-35(49-33)23-47-29-14-11-26(12-15-29)39(45)51-59-42(56)38(44)25(2)24-58-41(55)31(43)20-28-22-48-32-9-5-4-8-30(28)32/h4-16,18,21-22,25,31,38,47-48H,3,17,19-20,23-24,43-44H2,1-2H3,(H2,45,51)(H,49,50). The number of amides is 1. The fourth-order valence-corrected chi connectivity index (χ4v) is 6.13. The molecule has 6 rings (SSSR count). The van der Waals surface area contributed by atoms with E-state index in [9.17, 15) is 19.2 Å². The number of carbonyl (C=O) groups excluding carboxylic acids is 4. The van der Waals surface area contributed by atoms with Crippen molar-refractivity contribution in [2.24, 2.45) is 28.3 Å². The number of esters is 2. The first-order valence-corrected chi connectivity index (χ1v) is 19.0. The molecule has 0 fully saturated rings. The third-order valence-corrected chi connectivity index (χ3v) is 9.46. The van der Waals surface area contributed by atoms with Crippen LogP contribution >= 0.6 is 0 Å². The summed E-state index contributed by atoms with van der Waals surface area (Å²) in [7, 11) is 0. The Labute approximate surface area is 339 Å². The molecule has 59 heavy (non-hydrogen) atoms. The summed E-state index contributed by atoms with van der Waals surface area (Å²) in [6.07, 6.45) is 3.70. The van der Waals surface area contributed by atoms with E-state index in [0.717, 1.165) is 22.2 Å². The third kappa shape index (κ3) is 10.6. The smallest absolute Gasteiger partial charge is 0.352 e. The topological polar surface area (TPSA) is 259 Å². The number of para-hydroxylation sites is 1. The van der Waals surface area contributed by atoms with Crippen molar-refractivity contribution < 1.29 is 33.5 Å². The number of ether oxygens (including phenoxy) is 2. The number of aromatic amines is 2. The number of aromatic nitrogens is 4. The van der Waals surface area contributed by atoms with Gasteiger partial charge in [0.25, 0.3) is 5.91 Å². The highest BCUT2D eigenvalue weighted by Crippen LogP contribution is 2.21. The van der Waals surface area contributed by atoms with Gasteiger partial charge in [0.05, 0.1) is 37.2 Å². The van der Waals surface area contributed by atoms with Crippen molar-refractivity contribution in [1.82, 2.24) is 19.9 Å². The average molecular weight is 803 g/mol. The van der Waals surface area contributed by atoms with Crippen molar-refractivity contribution >= 4 is 63.1 Å². The van der Waals surface area contributed by atoms with Crippen LogP contribution in [0.5, 0.6) is 0 Å². The van der Waals surface area contributed by atoms with E-state index in [0.29, 0.717) is 40.3 Å². The minimum Gasteiger partial charge on any atom is -0.466 e. The molecular formula is C42H46N10O7. The quantitative estimate of drug-likeness (QED) is 0.0237. The number of nitrogens with one attached hydrogen (secondary N) is 3. The molecule has 3 heterocycles. The number of amidine groups is 1. The molecule has 0 aliphatic rings. The van der Waals surface area contributed by atoms with Gasteiger partial charge in [0.2, 0.25) is 0 Å². The second kappa shape index (κ2) is 19.4. The lowest BCUT2D eigenvalue weighted by Crippen LogP contribution is -2.41. The van der Waals surface area contributed by atoms with Crippen molar-refractivity contribution in [2.75, 3.05) is 30.0 Å². The largest absolute Gasteiger partial charge is 0.466 e. The molecule has 17 heteroatoms. The maximum Gasteiger partial charge on any atom is 0.352 e. The third-order valence-electron chi connectivity index (χ3n) is 9.46. The summed E-state index contributed by atoms with van der Waals surface area (Å²) in [5.41, 5.74) is 23.1. The fourth-order valence-electron chi connectivity index (χ4n) is 6.13. The Morgan fingerprint density at radius 3 is 2.44 bits per heavy atom. The Hall–Kier alpha value is -7.11. The zero-order chi connectivity index (χ0) is 41.9. The summed E-state index contributed by atoms with van der Waals surface area (Å²) >= 11 is 0. The van der Waals surface area contributed by atoms with E-state index in [4.69, 9.17) is 31.5 Å². The molecule has 9 N–H and O–H groups in total. The van der Waals surface area contributed by atoms with E-state index >= 15 is 0 Å². The van der Waals surface area contributed by atoms with Crippen molar-refractivity contribution in [3.8, 4) is 0 Å². The Morgan fingerprint density at radius 2 is 1.68 bits per heavy atom. The van der Waals surface area contributed by atoms with Crippen molar-refractivity contribution in [2.45, 2.75) is 45.3 Å². The zero-order valence-electron chi connectivity index (χ0n) is 32.6. The van der Waals surface area contributed by atoms with Gasteiger partial charge in [-0.3, -0.25) is 19.3 Å². The number of anilines is 2. The van der Waals surface area contributed by atoms with Crippen LogP contribution in [0.2, 0.25) is 0 Å². The Morgan fingerprint density at radius 1 is 0.915 bits per heavy atom. The molecule has 1 amide bonds. The molecule has 0 saturated heterocycles. The predicted octanol–water partition coefficient (Wildman–Crippen LogP) is 3.89. The lowest BCUT2D eigenvalue weighted by atomic mass is 10.0. The number of H-pyrrole nitrogens is 2. The fraction of sp³-hybridized carbons (Fsp3) is 0.262. The number of imidazole rings is 1. The number of pyridine rings is 1. The molecular weight excluding hydrogens is 757 g/mol. The molecule has 0 radical (unpaired) electrons. The van der Waals surface area contributed by atoms with E-state index in [-0.39, 0.29) is 44.3 Å². The van der Waals surface area contributed by atoms with Gasteiger partial charge >= 0.3 is 17.9 Å². The minimum atomic E-state index is -1.15. The van der Waals surface area contributed by atoms with Crippen LogP contribution in [0, 0.1) is 5.92 Å². The molecule has 6 aromatic rings. The van der Waals surface area contributed by atoms with Crippen molar-refractivity contribution in [1.29, 1.82) is 0 Å². The first-order valence-electron chi connectivity index (χ1n) is 19.0. The molecule has 3 aromatic carbocycles. The number of carbonyl (C=O) groups is 4. The van der Waals surface area contributed by atoms with Gasteiger partial charge in [-0.1, -0.05) is 36.3 Å². The molecule has 0 aliphatic carbocycles. The van der Waals surface area contributed by atoms with Crippen molar-refractivity contribution in [3.05, 3.63) is 120 Å². The summed E-state index contributed by atoms with van der Waals surface area (Å²) in [6.45, 7) is 3.91. The lowest BCUT2D eigenvalue weighted by molar-refractivity contribution is -0.151. The second-order valence-electron chi connectivity index (χ2n) is 13.7. The number of hydrogen-bond donors (Lipinski definition) is 6. The molecule has 0 spiro atoms. The van der Waals surface area contributed by atoms with E-state index in [2.05, 4.69) is 30.4 Å². The predicted molar refractivity (Wildman–Crippen MR) is 222 cm³/mol. The van der Waals surface area contributed by atoms with Gasteiger partial charge in [0.1, 0.15) is 23.7 Å². The molecule has 3 atom stereocenters. The van der Waals surface area contributed by atoms with Crippen LogP contribution in [0.25, 0.3) is 21.9 Å². The first kappa shape index (κ1) is 41.5. The van der Waals surface area contributed by atoms with Crippen LogP contribution < -0.4 is 27.4 Å². The number of oxime groups is 1. The number of nitrogens with two attached hydrogens (primary N) is 3. The molecule has 306 valence electrons. The normalized spacial score (nSPS) is 13.1. The first-order chi connectivity index (χ1) is 28.5. The highest BCUT2D eigenvalue weighted by atomic mass is 16.7. The maximum absolute atomic E-state index is 13.6. The number of hydrogen-bond acceptors (Lipinski definition) is 13. The summed E-state index contributed by atoms with van der Waals surface area (Å²) < 4.78 is 10.4. The number of nitrogens with zero attached hydrogens (tertiary/aromatic N) is 4. The van der Waals surface area contributed by atoms with E-state index in [1.807, 2.05) is 30.5 Å². The van der Waals surface area contributed by atoms with Gasteiger partial charge in [0.15, 0.2) is 5.84 Å². The van der Waals surface area contributed by atoms with Crippen LogP contribution in [0.15, 0.2) is 102 Å². The number of fused-ring (bicyclic) bond motifs is 2. The van der Waals surface area contributed by atoms with Gasteiger partial charge < -0.3 is 46.8 Å². The summed E-state index contributed by atoms with van der Waals surface area (Å²) in [5, 5.41) is 8.01. The number of rotatable bonds is 18. The van der Waals surface area contributed by atoms with Crippen LogP contribution in [0.4, 0.5) is 11.5 Å². The molecule has 3 unspecified atom stereocenters. The summed E-state index contributed by atoms with van der Waals surface area (Å²) in [5.74, 6) is -1.79. The SMILES string of the molecule is CCOC(=O)CCN(C(=O)c1ccc2nc(CNc3ccc(/C(N)=N/OC(=O)C(N)C(C)COC(=O)C(N)Cc4c[nH]c5ccccc45)cc3)[nH]c2c1)c1ccccn1. The average Bonchev–Trinajstić information content (AvgIpc) is 3.87. The van der Waals surface area contributed by atoms with Crippen molar-refractivity contribution in [3.63, 3.8) is 0 Å². The zero-order valence-corrected chi connectivity index (χ0v) is 32.6. The molecule has 3 aromatic heterocycles. The monoisotopic (exact) mass is 802 g/mol. The van der Waals surface area contributed by atoms with Gasteiger partial charge in [-0.25, -0.2) is 14.8 Å². The van der Waals surface area contributed by atoms with Crippen LogP contribution in [0.3, 0.4) is 0 Å². The van der Waals surface area contributed by atoms with Crippen LogP contribution in [-0.2, 0) is 41.7 Å². The highest BCUT2D eigenvalue weighted by molar-refractivity contribution is 6.07. The van der Waals surface area contributed by atoms with Gasteiger partial charge in [-0.15, -0.1) is 0 Å². The van der Waals surface area contributed by atoms with Crippen LogP contribution in [0.1, 0.15) is 47.6 Å². The van der Waals surface area contributed by atoms with E-state index < -0.39 is 35.9 Å². The highest BCUT2D eigenvalue weighted by Gasteiger charge is 2.26. The molecule has 17 nitrogen and oxygen atoms in total. The lowest BCUT2D eigenvalue weighted by Gasteiger charge is -2.21. The Balaban J connectivity index is 0.974. The van der Waals surface area contributed by atoms with Gasteiger partial charge in [0, 0.05) is 59.0 Å². The molecule has 0 saturated carbocycles. The van der Waals surface area contributed by atoms with Gasteiger partial charge in [-0.05, 0) is 73.2 Å². The van der Waals surface area contributed by atoms with Crippen LogP contribution in [-0.4, -0.2) is 81.4 Å². The maximum atomic E-state index is 13.6. The molecule has 0 bridgehead atoms.